The number of aryl methyl sites for hydroxylation is 4. The number of nitrogens with zero attached hydrogens (tertiary/aromatic N) is 3. The summed E-state index contributed by atoms with van der Waals surface area (Å²) in [4.78, 5) is 23.5. The zero-order chi connectivity index (χ0) is 19.6. The summed E-state index contributed by atoms with van der Waals surface area (Å²) in [6.45, 7) is 7.91. The number of aromatic carboxylic acids is 1. The van der Waals surface area contributed by atoms with Crippen LogP contribution in [0.5, 0.6) is 0 Å². The largest absolute Gasteiger partial charge is 1.00 e. The zero-order valence-electron chi connectivity index (χ0n) is 16.6. The average Bonchev–Trinajstić information content (AvgIpc) is 2.52. The van der Waals surface area contributed by atoms with Crippen molar-refractivity contribution in [3.63, 3.8) is 0 Å². The van der Waals surface area contributed by atoms with Crippen LogP contribution in [0.3, 0.4) is 0 Å². The molecule has 0 aliphatic carbocycles. The summed E-state index contributed by atoms with van der Waals surface area (Å²) in [6, 6.07) is 11.8. The van der Waals surface area contributed by atoms with Gasteiger partial charge >= 0.3 is 29.6 Å². The molecule has 0 spiro atoms. The van der Waals surface area contributed by atoms with Gasteiger partial charge in [-0.25, -0.2) is 0 Å². The van der Waals surface area contributed by atoms with E-state index in [2.05, 4.69) is 25.6 Å². The Balaban J connectivity index is 0.00000280. The number of anilines is 4. The maximum absolute atomic E-state index is 11.3. The molecule has 8 heteroatoms. The summed E-state index contributed by atoms with van der Waals surface area (Å²) in [7, 11) is 0. The van der Waals surface area contributed by atoms with Crippen molar-refractivity contribution in [2.45, 2.75) is 27.7 Å². The van der Waals surface area contributed by atoms with Gasteiger partial charge in [0.25, 0.3) is 0 Å². The van der Waals surface area contributed by atoms with Gasteiger partial charge < -0.3 is 20.5 Å². The molecule has 0 fully saturated rings. The molecule has 7 nitrogen and oxygen atoms in total. The van der Waals surface area contributed by atoms with Crippen molar-refractivity contribution >= 4 is 29.2 Å². The molecule has 0 aliphatic rings. The van der Waals surface area contributed by atoms with E-state index in [9.17, 15) is 9.90 Å². The molecule has 3 rings (SSSR count). The van der Waals surface area contributed by atoms with Crippen molar-refractivity contribution in [2.24, 2.45) is 0 Å². The second-order valence-corrected chi connectivity index (χ2v) is 6.60. The Labute approximate surface area is 185 Å². The normalized spacial score (nSPS) is 10.1. The van der Waals surface area contributed by atoms with E-state index in [4.69, 9.17) is 0 Å². The summed E-state index contributed by atoms with van der Waals surface area (Å²) in [5.41, 5.74) is 5.81. The van der Waals surface area contributed by atoms with Gasteiger partial charge in [0, 0.05) is 11.4 Å². The van der Waals surface area contributed by atoms with Crippen LogP contribution in [0.2, 0.25) is 0 Å². The molecular weight excluding hydrogens is 365 g/mol. The topological polar surface area (TPSA) is 103 Å². The van der Waals surface area contributed by atoms with Gasteiger partial charge in [-0.1, -0.05) is 12.1 Å². The van der Waals surface area contributed by atoms with E-state index in [0.29, 0.717) is 0 Å². The first-order valence-corrected chi connectivity index (χ1v) is 8.46. The van der Waals surface area contributed by atoms with Crippen molar-refractivity contribution in [3.05, 3.63) is 64.5 Å². The van der Waals surface area contributed by atoms with Crippen molar-refractivity contribution < 1.29 is 39.5 Å². The van der Waals surface area contributed by atoms with Gasteiger partial charge in [-0.2, -0.15) is 15.0 Å². The van der Waals surface area contributed by atoms with E-state index in [1.165, 1.54) is 0 Å². The van der Waals surface area contributed by atoms with Gasteiger partial charge in [-0.05, 0) is 74.2 Å². The molecule has 3 aromatic rings. The Morgan fingerprint density at radius 2 is 1.07 bits per heavy atom. The summed E-state index contributed by atoms with van der Waals surface area (Å²) >= 11 is 0. The number of carbonyl (C=O) groups excluding carboxylic acids is 1. The first-order chi connectivity index (χ1) is 12.8. The Morgan fingerprint density at radius 3 is 1.39 bits per heavy atom. The fraction of sp³-hybridized carbons (Fsp3) is 0.200. The number of carboxylic acids is 1. The minimum Gasteiger partial charge on any atom is -0.541 e. The van der Waals surface area contributed by atoms with Crippen LogP contribution in [0, 0.1) is 27.7 Å². The number of hydrogen-bond acceptors (Lipinski definition) is 7. The van der Waals surface area contributed by atoms with Crippen LogP contribution in [0.4, 0.5) is 23.3 Å². The quantitative estimate of drug-likeness (QED) is 0.594. The van der Waals surface area contributed by atoms with Crippen molar-refractivity contribution in [1.29, 1.82) is 0 Å². The molecule has 138 valence electrons. The number of aromatic nitrogens is 3. The van der Waals surface area contributed by atoms with Gasteiger partial charge in [-0.3, -0.25) is 0 Å². The van der Waals surface area contributed by atoms with Gasteiger partial charge in [-0.15, -0.1) is 0 Å². The zero-order valence-corrected chi connectivity index (χ0v) is 18.6. The molecule has 0 unspecified atom stereocenters. The fourth-order valence-corrected chi connectivity index (χ4v) is 2.93. The number of rotatable bonds is 5. The third-order valence-electron chi connectivity index (χ3n) is 3.77. The fourth-order valence-electron chi connectivity index (χ4n) is 2.93. The molecule has 0 saturated heterocycles. The van der Waals surface area contributed by atoms with Crippen LogP contribution in [0.15, 0.2) is 36.4 Å². The van der Waals surface area contributed by atoms with Crippen LogP contribution >= 0.6 is 0 Å². The molecule has 2 aromatic carbocycles. The minimum absolute atomic E-state index is 0. The summed E-state index contributed by atoms with van der Waals surface area (Å²) in [5.74, 6) is -1.66. The van der Waals surface area contributed by atoms with E-state index in [-0.39, 0.29) is 41.5 Å². The molecule has 1 aromatic heterocycles. The molecule has 0 aliphatic heterocycles. The molecule has 0 saturated carbocycles. The standard InChI is InChI=1S/C20H21N5O2.Na/c1-11-5-12(2)8-15(7-11)21-19-23-17(18(26)27)24-20(25-19)22-16-9-13(3)6-14(4)10-16;/h5-10H,1-4H3,(H,26,27)(H2,21,22,23,24,25);/q;+1/p-1. The van der Waals surface area contributed by atoms with Gasteiger partial charge in [0.15, 0.2) is 5.82 Å². The van der Waals surface area contributed by atoms with E-state index < -0.39 is 11.8 Å². The number of benzene rings is 2. The Morgan fingerprint density at radius 1 is 0.714 bits per heavy atom. The van der Waals surface area contributed by atoms with Crippen LogP contribution in [0.1, 0.15) is 32.9 Å². The van der Waals surface area contributed by atoms with Crippen LogP contribution in [-0.2, 0) is 0 Å². The maximum atomic E-state index is 11.3. The number of nitrogens with one attached hydrogen (secondary N) is 2. The molecule has 2 N–H and O–H groups in total. The third kappa shape index (κ3) is 5.76. The minimum atomic E-state index is -1.47. The van der Waals surface area contributed by atoms with Crippen molar-refractivity contribution in [3.8, 4) is 0 Å². The van der Waals surface area contributed by atoms with Gasteiger partial charge in [0.05, 0.1) is 0 Å². The Hall–Kier alpha value is -2.48. The molecule has 28 heavy (non-hydrogen) atoms. The summed E-state index contributed by atoms with van der Waals surface area (Å²) in [6.07, 6.45) is 0. The molecule has 1 heterocycles. The van der Waals surface area contributed by atoms with Gasteiger partial charge in [0.1, 0.15) is 5.97 Å². The molecule has 0 radical (unpaired) electrons. The second-order valence-electron chi connectivity index (χ2n) is 6.60. The maximum Gasteiger partial charge on any atom is 1.00 e. The summed E-state index contributed by atoms with van der Waals surface area (Å²) < 4.78 is 0. The van der Waals surface area contributed by atoms with Crippen molar-refractivity contribution in [1.82, 2.24) is 15.0 Å². The van der Waals surface area contributed by atoms with Crippen LogP contribution in [-0.4, -0.2) is 20.9 Å². The first-order valence-electron chi connectivity index (χ1n) is 8.46. The average molecular weight is 385 g/mol. The first kappa shape index (κ1) is 21.8. The molecule has 0 atom stereocenters. The third-order valence-corrected chi connectivity index (χ3v) is 3.77. The number of carbonyl (C=O) groups is 1. The van der Waals surface area contributed by atoms with Gasteiger partial charge in [0.2, 0.25) is 11.9 Å². The Bertz CT molecular complexity index is 911. The molecule has 0 bridgehead atoms. The Kier molecular flexibility index (Phi) is 7.12. The smallest absolute Gasteiger partial charge is 0.541 e. The van der Waals surface area contributed by atoms with E-state index in [0.717, 1.165) is 33.6 Å². The molecule has 0 amide bonds. The van der Waals surface area contributed by atoms with Crippen LogP contribution < -0.4 is 45.3 Å². The SMILES string of the molecule is Cc1cc(C)cc(Nc2nc(Nc3cc(C)cc(C)c3)nc(C(=O)[O-])n2)c1.[Na+]. The summed E-state index contributed by atoms with van der Waals surface area (Å²) in [5, 5.41) is 17.4. The monoisotopic (exact) mass is 385 g/mol. The number of carboxylic acid groups (broad SMARTS) is 1. The number of hydrogen-bond donors (Lipinski definition) is 2. The van der Waals surface area contributed by atoms with E-state index in [1.54, 1.807) is 0 Å². The predicted octanol–water partition coefficient (Wildman–Crippen LogP) is -0.0400. The molecular formula is C20H20N5NaO2. The van der Waals surface area contributed by atoms with Crippen molar-refractivity contribution in [2.75, 3.05) is 10.6 Å². The van der Waals surface area contributed by atoms with E-state index in [1.807, 2.05) is 64.1 Å². The predicted molar refractivity (Wildman–Crippen MR) is 103 cm³/mol. The second kappa shape index (κ2) is 9.14. The van der Waals surface area contributed by atoms with E-state index >= 15 is 0 Å². The van der Waals surface area contributed by atoms with Crippen LogP contribution in [0.25, 0.3) is 0 Å².